The zero-order valence-electron chi connectivity index (χ0n) is 16.3. The molecule has 0 aliphatic rings. The summed E-state index contributed by atoms with van der Waals surface area (Å²) < 4.78 is 9.83. The summed E-state index contributed by atoms with van der Waals surface area (Å²) in [4.78, 5) is 39.4. The van der Waals surface area contributed by atoms with E-state index in [1.807, 2.05) is 6.07 Å². The third-order valence-electron chi connectivity index (χ3n) is 4.44. The molecular weight excluding hydrogens is 374 g/mol. The van der Waals surface area contributed by atoms with Crippen LogP contribution in [-0.2, 0) is 11.3 Å². The molecule has 0 unspecified atom stereocenters. The molecule has 0 radical (unpaired) electrons. The molecule has 29 heavy (non-hydrogen) atoms. The molecule has 3 N–H and O–H groups in total. The number of amides is 2. The summed E-state index contributed by atoms with van der Waals surface area (Å²) in [5, 5.41) is 5.55. The molecule has 0 atom stereocenters. The molecule has 2 amide bonds. The van der Waals surface area contributed by atoms with Crippen molar-refractivity contribution in [3.63, 3.8) is 0 Å². The Balaban J connectivity index is 1.67. The van der Waals surface area contributed by atoms with E-state index in [1.165, 1.54) is 13.4 Å². The number of methoxy groups -OCH3 is 1. The number of carbonyl (C=O) groups excluding carboxylic acids is 3. The average Bonchev–Trinajstić information content (AvgIpc) is 3.34. The number of benzene rings is 1. The van der Waals surface area contributed by atoms with Gasteiger partial charge in [0.15, 0.2) is 5.76 Å². The van der Waals surface area contributed by atoms with Gasteiger partial charge in [-0.3, -0.25) is 9.59 Å². The van der Waals surface area contributed by atoms with Gasteiger partial charge in [0.05, 0.1) is 18.9 Å². The van der Waals surface area contributed by atoms with Crippen molar-refractivity contribution in [2.45, 2.75) is 20.4 Å². The van der Waals surface area contributed by atoms with Crippen LogP contribution >= 0.6 is 0 Å². The first-order valence-corrected chi connectivity index (χ1v) is 8.90. The lowest BCUT2D eigenvalue weighted by molar-refractivity contribution is 0.0599. The lowest BCUT2D eigenvalue weighted by atomic mass is 10.1. The smallest absolute Gasteiger partial charge is 0.339 e. The molecule has 2 aromatic heterocycles. The molecule has 0 spiro atoms. The van der Waals surface area contributed by atoms with Crippen LogP contribution < -0.4 is 10.6 Å². The highest BCUT2D eigenvalue weighted by molar-refractivity contribution is 6.02. The quantitative estimate of drug-likeness (QED) is 0.555. The maximum absolute atomic E-state index is 12.6. The van der Waals surface area contributed by atoms with Gasteiger partial charge in [0.1, 0.15) is 5.69 Å². The molecule has 0 aliphatic heterocycles. The first-order chi connectivity index (χ1) is 13.9. The van der Waals surface area contributed by atoms with E-state index in [0.717, 1.165) is 5.56 Å². The number of aryl methyl sites for hydroxylation is 1. The SMILES string of the molecule is COC(=O)c1c(C)[nH]c(C(=O)NCc2cccc(NC(=O)c3ccco3)c2)c1C. The van der Waals surface area contributed by atoms with Crippen molar-refractivity contribution in [1.82, 2.24) is 10.3 Å². The lowest BCUT2D eigenvalue weighted by Gasteiger charge is -2.08. The standard InChI is InChI=1S/C21H21N3O5/c1-12-17(21(27)28-3)13(2)23-18(12)20(26)22-11-14-6-4-7-15(10-14)24-19(25)16-8-5-9-29-16/h4-10,23H,11H2,1-3H3,(H,22,26)(H,24,25). The number of nitrogens with one attached hydrogen (secondary N) is 3. The van der Waals surface area contributed by atoms with E-state index in [2.05, 4.69) is 15.6 Å². The zero-order chi connectivity index (χ0) is 21.0. The van der Waals surface area contributed by atoms with Gasteiger partial charge in [0, 0.05) is 17.9 Å². The Hall–Kier alpha value is -3.81. The van der Waals surface area contributed by atoms with Crippen LogP contribution in [-0.4, -0.2) is 29.9 Å². The van der Waals surface area contributed by atoms with Crippen LogP contribution in [0.1, 0.15) is 48.2 Å². The Morgan fingerprint density at radius 1 is 1.10 bits per heavy atom. The molecule has 0 saturated heterocycles. The van der Waals surface area contributed by atoms with E-state index in [0.29, 0.717) is 28.2 Å². The molecule has 8 heteroatoms. The van der Waals surface area contributed by atoms with Crippen molar-refractivity contribution in [2.24, 2.45) is 0 Å². The summed E-state index contributed by atoms with van der Waals surface area (Å²) in [5.74, 6) is -0.979. The number of carbonyl (C=O) groups is 3. The highest BCUT2D eigenvalue weighted by Crippen LogP contribution is 2.19. The first-order valence-electron chi connectivity index (χ1n) is 8.90. The molecule has 0 saturated carbocycles. The Kier molecular flexibility index (Phi) is 5.82. The fourth-order valence-electron chi connectivity index (χ4n) is 3.02. The minimum absolute atomic E-state index is 0.211. The maximum Gasteiger partial charge on any atom is 0.339 e. The Bertz CT molecular complexity index is 1050. The van der Waals surface area contributed by atoms with Gasteiger partial charge in [-0.1, -0.05) is 12.1 Å². The molecule has 0 bridgehead atoms. The fourth-order valence-corrected chi connectivity index (χ4v) is 3.02. The van der Waals surface area contributed by atoms with Gasteiger partial charge in [0.25, 0.3) is 11.8 Å². The number of aromatic amines is 1. The molecule has 2 heterocycles. The van der Waals surface area contributed by atoms with Crippen LogP contribution in [0.15, 0.2) is 47.1 Å². The summed E-state index contributed by atoms with van der Waals surface area (Å²) in [7, 11) is 1.30. The zero-order valence-corrected chi connectivity index (χ0v) is 16.3. The molecule has 1 aromatic carbocycles. The number of H-pyrrole nitrogens is 1. The molecule has 8 nitrogen and oxygen atoms in total. The van der Waals surface area contributed by atoms with Gasteiger partial charge in [-0.05, 0) is 49.2 Å². The van der Waals surface area contributed by atoms with Crippen LogP contribution in [0.2, 0.25) is 0 Å². The van der Waals surface area contributed by atoms with E-state index < -0.39 is 5.97 Å². The first kappa shape index (κ1) is 19.9. The second-order valence-corrected chi connectivity index (χ2v) is 6.43. The number of hydrogen-bond donors (Lipinski definition) is 3. The predicted molar refractivity (Wildman–Crippen MR) is 106 cm³/mol. The van der Waals surface area contributed by atoms with Crippen molar-refractivity contribution in [3.05, 3.63) is 76.5 Å². The van der Waals surface area contributed by atoms with Crippen molar-refractivity contribution < 1.29 is 23.5 Å². The number of rotatable bonds is 6. The van der Waals surface area contributed by atoms with E-state index in [-0.39, 0.29) is 24.1 Å². The number of esters is 1. The highest BCUT2D eigenvalue weighted by atomic mass is 16.5. The topological polar surface area (TPSA) is 113 Å². The fraction of sp³-hybridized carbons (Fsp3) is 0.190. The molecule has 3 rings (SSSR count). The van der Waals surface area contributed by atoms with Gasteiger partial charge in [-0.15, -0.1) is 0 Å². The number of furan rings is 1. The van der Waals surface area contributed by atoms with Crippen LogP contribution in [0.25, 0.3) is 0 Å². The Labute approximate surface area is 167 Å². The van der Waals surface area contributed by atoms with Crippen molar-refractivity contribution in [2.75, 3.05) is 12.4 Å². The maximum atomic E-state index is 12.6. The minimum Gasteiger partial charge on any atom is -0.465 e. The summed E-state index contributed by atoms with van der Waals surface area (Å²) >= 11 is 0. The lowest BCUT2D eigenvalue weighted by Crippen LogP contribution is -2.24. The van der Waals surface area contributed by atoms with Gasteiger partial charge in [-0.25, -0.2) is 4.79 Å². The van der Waals surface area contributed by atoms with Crippen LogP contribution in [0.5, 0.6) is 0 Å². The average molecular weight is 395 g/mol. The van der Waals surface area contributed by atoms with E-state index in [9.17, 15) is 14.4 Å². The predicted octanol–water partition coefficient (Wildman–Crippen LogP) is 3.19. The second-order valence-electron chi connectivity index (χ2n) is 6.43. The summed E-state index contributed by atoms with van der Waals surface area (Å²) in [6.07, 6.45) is 1.43. The molecule has 0 fully saturated rings. The van der Waals surface area contributed by atoms with Gasteiger partial charge < -0.3 is 24.8 Å². The number of ether oxygens (including phenoxy) is 1. The van der Waals surface area contributed by atoms with E-state index in [1.54, 1.807) is 44.2 Å². The van der Waals surface area contributed by atoms with Crippen LogP contribution in [0.4, 0.5) is 5.69 Å². The summed E-state index contributed by atoms with van der Waals surface area (Å²) in [5.41, 5.74) is 3.15. The number of aromatic nitrogens is 1. The number of hydrogen-bond acceptors (Lipinski definition) is 5. The highest BCUT2D eigenvalue weighted by Gasteiger charge is 2.22. The second kappa shape index (κ2) is 8.47. The largest absolute Gasteiger partial charge is 0.465 e. The summed E-state index contributed by atoms with van der Waals surface area (Å²) in [6, 6.07) is 10.3. The number of anilines is 1. The van der Waals surface area contributed by atoms with Gasteiger partial charge >= 0.3 is 5.97 Å². The molecule has 150 valence electrons. The summed E-state index contributed by atoms with van der Waals surface area (Å²) in [6.45, 7) is 3.64. The Morgan fingerprint density at radius 3 is 2.59 bits per heavy atom. The monoisotopic (exact) mass is 395 g/mol. The molecule has 3 aromatic rings. The van der Waals surface area contributed by atoms with Gasteiger partial charge in [-0.2, -0.15) is 0 Å². The molecule has 0 aliphatic carbocycles. The van der Waals surface area contributed by atoms with Gasteiger partial charge in [0.2, 0.25) is 0 Å². The van der Waals surface area contributed by atoms with Crippen molar-refractivity contribution >= 4 is 23.5 Å². The molecular formula is C21H21N3O5. The van der Waals surface area contributed by atoms with E-state index >= 15 is 0 Å². The van der Waals surface area contributed by atoms with Crippen LogP contribution in [0, 0.1) is 13.8 Å². The minimum atomic E-state index is -0.490. The normalized spacial score (nSPS) is 10.4. The van der Waals surface area contributed by atoms with Crippen molar-refractivity contribution in [3.8, 4) is 0 Å². The Morgan fingerprint density at radius 2 is 1.90 bits per heavy atom. The third kappa shape index (κ3) is 4.37. The van der Waals surface area contributed by atoms with Crippen LogP contribution in [0.3, 0.4) is 0 Å². The third-order valence-corrected chi connectivity index (χ3v) is 4.44. The van der Waals surface area contributed by atoms with Crippen molar-refractivity contribution in [1.29, 1.82) is 0 Å². The van der Waals surface area contributed by atoms with E-state index in [4.69, 9.17) is 9.15 Å².